The maximum Gasteiger partial charge on any atom is 0.175 e. The third-order valence-corrected chi connectivity index (χ3v) is 3.74. The molecule has 1 aromatic carbocycles. The summed E-state index contributed by atoms with van der Waals surface area (Å²) < 4.78 is 13.9. The maximum absolute atomic E-state index is 5.84. The van der Waals surface area contributed by atoms with Crippen LogP contribution < -0.4 is 9.47 Å². The Kier molecular flexibility index (Phi) is 5.31. The van der Waals surface area contributed by atoms with Crippen LogP contribution in [0.5, 0.6) is 11.5 Å². The SMILES string of the molecule is CCn1cc(COc2c(Br)cc(CCl)cc2OC)cn1. The molecule has 0 aliphatic heterocycles. The molecule has 0 unspecified atom stereocenters. The van der Waals surface area contributed by atoms with Crippen molar-refractivity contribution in [2.24, 2.45) is 0 Å². The van der Waals surface area contributed by atoms with Crippen LogP contribution in [0.15, 0.2) is 29.0 Å². The van der Waals surface area contributed by atoms with Crippen LogP contribution >= 0.6 is 27.5 Å². The predicted octanol–water partition coefficient (Wildman–Crippen LogP) is 3.99. The fraction of sp³-hybridized carbons (Fsp3) is 0.357. The molecule has 0 aliphatic carbocycles. The third kappa shape index (κ3) is 3.46. The summed E-state index contributed by atoms with van der Waals surface area (Å²) in [6.07, 6.45) is 3.77. The van der Waals surface area contributed by atoms with Crippen molar-refractivity contribution in [1.82, 2.24) is 9.78 Å². The number of alkyl halides is 1. The number of hydrogen-bond acceptors (Lipinski definition) is 3. The first-order valence-corrected chi connectivity index (χ1v) is 7.57. The summed E-state index contributed by atoms with van der Waals surface area (Å²) in [5.74, 6) is 1.77. The van der Waals surface area contributed by atoms with E-state index in [2.05, 4.69) is 21.0 Å². The van der Waals surface area contributed by atoms with Gasteiger partial charge in [0.2, 0.25) is 0 Å². The number of rotatable bonds is 6. The molecule has 20 heavy (non-hydrogen) atoms. The molecule has 1 aromatic heterocycles. The molecule has 0 bridgehead atoms. The van der Waals surface area contributed by atoms with E-state index < -0.39 is 0 Å². The van der Waals surface area contributed by atoms with E-state index in [1.54, 1.807) is 13.3 Å². The highest BCUT2D eigenvalue weighted by Crippen LogP contribution is 2.37. The lowest BCUT2D eigenvalue weighted by atomic mass is 10.2. The van der Waals surface area contributed by atoms with Gasteiger partial charge in [-0.15, -0.1) is 11.6 Å². The molecule has 0 atom stereocenters. The Balaban J connectivity index is 2.16. The Hall–Kier alpha value is -1.20. The van der Waals surface area contributed by atoms with Gasteiger partial charge >= 0.3 is 0 Å². The first kappa shape index (κ1) is 15.2. The van der Waals surface area contributed by atoms with Gasteiger partial charge in [0.25, 0.3) is 0 Å². The van der Waals surface area contributed by atoms with E-state index in [9.17, 15) is 0 Å². The highest BCUT2D eigenvalue weighted by Gasteiger charge is 2.12. The van der Waals surface area contributed by atoms with Crippen LogP contribution in [-0.4, -0.2) is 16.9 Å². The maximum atomic E-state index is 5.84. The fourth-order valence-corrected chi connectivity index (χ4v) is 2.56. The van der Waals surface area contributed by atoms with Gasteiger partial charge in [-0.2, -0.15) is 5.10 Å². The standard InChI is InChI=1S/C14H16BrClN2O2/c1-3-18-8-11(7-17-18)9-20-14-12(15)4-10(6-16)5-13(14)19-2/h4-5,7-8H,3,6,9H2,1-2H3. The van der Waals surface area contributed by atoms with E-state index >= 15 is 0 Å². The minimum atomic E-state index is 0.429. The Morgan fingerprint density at radius 2 is 2.15 bits per heavy atom. The van der Waals surface area contributed by atoms with Crippen molar-refractivity contribution in [1.29, 1.82) is 0 Å². The molecule has 0 fully saturated rings. The van der Waals surface area contributed by atoms with Crippen molar-refractivity contribution < 1.29 is 9.47 Å². The molecule has 0 saturated heterocycles. The molecule has 0 saturated carbocycles. The van der Waals surface area contributed by atoms with Crippen LogP contribution in [0.25, 0.3) is 0 Å². The number of benzene rings is 1. The number of aromatic nitrogens is 2. The lowest BCUT2D eigenvalue weighted by molar-refractivity contribution is 0.282. The van der Waals surface area contributed by atoms with Crippen molar-refractivity contribution in [2.45, 2.75) is 26.0 Å². The van der Waals surface area contributed by atoms with Gasteiger partial charge in [0, 0.05) is 24.2 Å². The van der Waals surface area contributed by atoms with Gasteiger partial charge in [0.1, 0.15) is 6.61 Å². The van der Waals surface area contributed by atoms with E-state index in [1.165, 1.54) is 0 Å². The summed E-state index contributed by atoms with van der Waals surface area (Å²) in [6.45, 7) is 3.33. The van der Waals surface area contributed by atoms with Crippen molar-refractivity contribution in [3.8, 4) is 11.5 Å². The van der Waals surface area contributed by atoms with Crippen molar-refractivity contribution in [2.75, 3.05) is 7.11 Å². The van der Waals surface area contributed by atoms with Gasteiger partial charge in [-0.1, -0.05) is 0 Å². The van der Waals surface area contributed by atoms with Crippen LogP contribution in [0, 0.1) is 0 Å². The zero-order valence-corrected chi connectivity index (χ0v) is 13.7. The molecule has 6 heteroatoms. The normalized spacial score (nSPS) is 10.6. The summed E-state index contributed by atoms with van der Waals surface area (Å²) in [5.41, 5.74) is 1.99. The third-order valence-electron chi connectivity index (χ3n) is 2.84. The first-order valence-electron chi connectivity index (χ1n) is 6.24. The Morgan fingerprint density at radius 3 is 2.75 bits per heavy atom. The van der Waals surface area contributed by atoms with Gasteiger partial charge in [-0.3, -0.25) is 4.68 Å². The van der Waals surface area contributed by atoms with Gasteiger partial charge in [0.15, 0.2) is 11.5 Å². The van der Waals surface area contributed by atoms with Crippen molar-refractivity contribution in [3.05, 3.63) is 40.1 Å². The molecular formula is C14H16BrClN2O2. The predicted molar refractivity (Wildman–Crippen MR) is 82.5 cm³/mol. The molecule has 2 aromatic rings. The van der Waals surface area contributed by atoms with Gasteiger partial charge < -0.3 is 9.47 Å². The second-order valence-electron chi connectivity index (χ2n) is 4.24. The Bertz CT molecular complexity index is 587. The Morgan fingerprint density at radius 1 is 1.35 bits per heavy atom. The molecule has 0 spiro atoms. The van der Waals surface area contributed by atoms with E-state index in [-0.39, 0.29) is 0 Å². The average Bonchev–Trinajstić information content (AvgIpc) is 2.93. The number of ether oxygens (including phenoxy) is 2. The number of hydrogen-bond donors (Lipinski definition) is 0. The zero-order valence-electron chi connectivity index (χ0n) is 11.4. The largest absolute Gasteiger partial charge is 0.493 e. The summed E-state index contributed by atoms with van der Waals surface area (Å²) >= 11 is 9.33. The Labute approximate surface area is 131 Å². The summed E-state index contributed by atoms with van der Waals surface area (Å²) in [4.78, 5) is 0. The second kappa shape index (κ2) is 6.99. The highest BCUT2D eigenvalue weighted by atomic mass is 79.9. The number of nitrogens with zero attached hydrogens (tertiary/aromatic N) is 2. The van der Waals surface area contributed by atoms with Crippen LogP contribution in [-0.2, 0) is 19.0 Å². The quantitative estimate of drug-likeness (QED) is 0.732. The lowest BCUT2D eigenvalue weighted by Gasteiger charge is -2.13. The molecule has 2 rings (SSSR count). The highest BCUT2D eigenvalue weighted by molar-refractivity contribution is 9.10. The minimum Gasteiger partial charge on any atom is -0.493 e. The smallest absolute Gasteiger partial charge is 0.175 e. The monoisotopic (exact) mass is 358 g/mol. The van der Waals surface area contributed by atoms with Gasteiger partial charge in [0.05, 0.1) is 17.8 Å². The summed E-state index contributed by atoms with van der Waals surface area (Å²) in [6, 6.07) is 3.81. The van der Waals surface area contributed by atoms with Crippen LogP contribution in [0.3, 0.4) is 0 Å². The molecule has 0 amide bonds. The van der Waals surface area contributed by atoms with Gasteiger partial charge in [-0.05, 0) is 40.5 Å². The van der Waals surface area contributed by atoms with E-state index in [0.29, 0.717) is 24.0 Å². The minimum absolute atomic E-state index is 0.429. The molecule has 108 valence electrons. The number of methoxy groups -OCH3 is 1. The number of halogens is 2. The van der Waals surface area contributed by atoms with Crippen LogP contribution in [0.1, 0.15) is 18.1 Å². The molecule has 0 N–H and O–H groups in total. The zero-order chi connectivity index (χ0) is 14.5. The van der Waals surface area contributed by atoms with Crippen LogP contribution in [0.4, 0.5) is 0 Å². The van der Waals surface area contributed by atoms with E-state index in [0.717, 1.165) is 22.1 Å². The van der Waals surface area contributed by atoms with Crippen molar-refractivity contribution >= 4 is 27.5 Å². The fourth-order valence-electron chi connectivity index (χ4n) is 1.80. The number of aryl methyl sites for hydroxylation is 1. The lowest BCUT2D eigenvalue weighted by Crippen LogP contribution is -1.99. The molecule has 1 heterocycles. The van der Waals surface area contributed by atoms with Crippen molar-refractivity contribution in [3.63, 3.8) is 0 Å². The molecule has 4 nitrogen and oxygen atoms in total. The average molecular weight is 360 g/mol. The molecular weight excluding hydrogens is 344 g/mol. The van der Waals surface area contributed by atoms with E-state index in [4.69, 9.17) is 21.1 Å². The topological polar surface area (TPSA) is 36.3 Å². The first-order chi connectivity index (χ1) is 9.67. The molecule has 0 aliphatic rings. The van der Waals surface area contributed by atoms with E-state index in [1.807, 2.05) is 29.9 Å². The second-order valence-corrected chi connectivity index (χ2v) is 5.36. The van der Waals surface area contributed by atoms with Crippen LogP contribution in [0.2, 0.25) is 0 Å². The summed E-state index contributed by atoms with van der Waals surface area (Å²) in [7, 11) is 1.61. The summed E-state index contributed by atoms with van der Waals surface area (Å²) in [5, 5.41) is 4.22. The molecule has 0 radical (unpaired) electrons. The van der Waals surface area contributed by atoms with Gasteiger partial charge in [-0.25, -0.2) is 0 Å².